The first-order chi connectivity index (χ1) is 16.4. The first-order valence-electron chi connectivity index (χ1n) is 11.3. The highest BCUT2D eigenvalue weighted by atomic mass is 35.5. The Morgan fingerprint density at radius 3 is 2.68 bits per heavy atom. The first-order valence-corrected chi connectivity index (χ1v) is 11.7. The number of carbonyl (C=O) groups excluding carboxylic acids is 2. The lowest BCUT2D eigenvalue weighted by Gasteiger charge is -2.32. The number of rotatable bonds is 7. The number of hydrogen-bond donors (Lipinski definition) is 1. The number of aryl methyl sites for hydroxylation is 1. The summed E-state index contributed by atoms with van der Waals surface area (Å²) in [6.45, 7) is 4.68. The van der Waals surface area contributed by atoms with Gasteiger partial charge in [-0.15, -0.1) is 0 Å². The maximum atomic E-state index is 14.1. The topological polar surface area (TPSA) is 76.5 Å². The number of benzene rings is 2. The minimum atomic E-state index is -0.593. The second-order valence-electron chi connectivity index (χ2n) is 8.69. The standard InChI is InChI=1S/C25H28ClFN4O3/c1-16-11-23-18(12-21(16)24(32)28-7-10-34-2)15-31(29-23)14-17-5-8-30(9-6-17)25(33)20-4-3-19(26)13-22(20)27/h3-4,11-13,15,17H,5-10,14H2,1-2H3,(H,28,32). The maximum Gasteiger partial charge on any atom is 0.256 e. The fraction of sp³-hybridized carbons (Fsp3) is 0.400. The maximum absolute atomic E-state index is 14.1. The number of nitrogens with one attached hydrogen (secondary N) is 1. The van der Waals surface area contributed by atoms with Gasteiger partial charge in [-0.3, -0.25) is 14.3 Å². The number of methoxy groups -OCH3 is 1. The fourth-order valence-electron chi connectivity index (χ4n) is 4.34. The Balaban J connectivity index is 1.38. The lowest BCUT2D eigenvalue weighted by atomic mass is 9.96. The number of hydrogen-bond acceptors (Lipinski definition) is 4. The van der Waals surface area contributed by atoms with E-state index < -0.39 is 5.82 Å². The van der Waals surface area contributed by atoms with Gasteiger partial charge in [-0.1, -0.05) is 11.6 Å². The number of carbonyl (C=O) groups is 2. The summed E-state index contributed by atoms with van der Waals surface area (Å²) in [5.41, 5.74) is 2.40. The first kappa shape index (κ1) is 24.2. The van der Waals surface area contributed by atoms with E-state index in [2.05, 4.69) is 10.4 Å². The van der Waals surface area contributed by atoms with Gasteiger partial charge in [0.1, 0.15) is 5.82 Å². The van der Waals surface area contributed by atoms with Gasteiger partial charge >= 0.3 is 0 Å². The van der Waals surface area contributed by atoms with Gasteiger partial charge in [-0.25, -0.2) is 4.39 Å². The van der Waals surface area contributed by atoms with E-state index in [0.717, 1.165) is 35.9 Å². The summed E-state index contributed by atoms with van der Waals surface area (Å²) in [5, 5.41) is 8.73. The predicted molar refractivity (Wildman–Crippen MR) is 129 cm³/mol. The molecule has 2 amide bonds. The summed E-state index contributed by atoms with van der Waals surface area (Å²) in [6.07, 6.45) is 3.58. The summed E-state index contributed by atoms with van der Waals surface area (Å²) in [5.74, 6) is -0.668. The van der Waals surface area contributed by atoms with Crippen molar-refractivity contribution in [3.05, 3.63) is 64.1 Å². The molecule has 1 aliphatic heterocycles. The van der Waals surface area contributed by atoms with Crippen LogP contribution in [0.3, 0.4) is 0 Å². The van der Waals surface area contributed by atoms with Gasteiger partial charge in [-0.05, 0) is 61.6 Å². The van der Waals surface area contributed by atoms with Crippen LogP contribution in [-0.4, -0.2) is 59.8 Å². The second-order valence-corrected chi connectivity index (χ2v) is 9.12. The summed E-state index contributed by atoms with van der Waals surface area (Å²) in [4.78, 5) is 26.9. The van der Waals surface area contributed by atoms with Crippen molar-refractivity contribution in [1.29, 1.82) is 0 Å². The molecule has 1 N–H and O–H groups in total. The van der Waals surface area contributed by atoms with Crippen molar-refractivity contribution < 1.29 is 18.7 Å². The van der Waals surface area contributed by atoms with Gasteiger partial charge < -0.3 is 15.0 Å². The van der Waals surface area contributed by atoms with Crippen LogP contribution in [0.15, 0.2) is 36.5 Å². The van der Waals surface area contributed by atoms with Crippen LogP contribution >= 0.6 is 11.6 Å². The highest BCUT2D eigenvalue weighted by Gasteiger charge is 2.26. The van der Waals surface area contributed by atoms with Crippen LogP contribution in [0.25, 0.3) is 10.9 Å². The largest absolute Gasteiger partial charge is 0.383 e. The van der Waals surface area contributed by atoms with Gasteiger partial charge in [0.15, 0.2) is 0 Å². The predicted octanol–water partition coefficient (Wildman–Crippen LogP) is 4.07. The van der Waals surface area contributed by atoms with Crippen molar-refractivity contribution in [2.24, 2.45) is 5.92 Å². The molecule has 0 saturated carbocycles. The Kier molecular flexibility index (Phi) is 7.48. The summed E-state index contributed by atoms with van der Waals surface area (Å²) in [6, 6.07) is 7.94. The van der Waals surface area contributed by atoms with Crippen molar-refractivity contribution in [3.8, 4) is 0 Å². The summed E-state index contributed by atoms with van der Waals surface area (Å²) >= 11 is 5.79. The molecule has 2 heterocycles. The van der Waals surface area contributed by atoms with E-state index in [1.54, 1.807) is 12.0 Å². The molecule has 2 aromatic carbocycles. The number of nitrogens with zero attached hydrogens (tertiary/aromatic N) is 3. The lowest BCUT2D eigenvalue weighted by molar-refractivity contribution is 0.0676. The Bertz CT molecular complexity index is 1200. The zero-order chi connectivity index (χ0) is 24.2. The van der Waals surface area contributed by atoms with Gasteiger partial charge in [-0.2, -0.15) is 5.10 Å². The molecule has 1 fully saturated rings. The molecule has 34 heavy (non-hydrogen) atoms. The third-order valence-corrected chi connectivity index (χ3v) is 6.48. The smallest absolute Gasteiger partial charge is 0.256 e. The molecule has 0 radical (unpaired) electrons. The van der Waals surface area contributed by atoms with Gasteiger partial charge in [0.25, 0.3) is 11.8 Å². The Morgan fingerprint density at radius 2 is 1.97 bits per heavy atom. The second kappa shape index (κ2) is 10.5. The minimum absolute atomic E-state index is 0.0543. The number of piperidine rings is 1. The van der Waals surface area contributed by atoms with Crippen LogP contribution in [0.5, 0.6) is 0 Å². The SMILES string of the molecule is COCCNC(=O)c1cc2cn(CC3CCN(C(=O)c4ccc(Cl)cc4F)CC3)nc2cc1C. The molecule has 3 aromatic rings. The van der Waals surface area contributed by atoms with Crippen molar-refractivity contribution in [2.75, 3.05) is 33.4 Å². The van der Waals surface area contributed by atoms with Crippen molar-refractivity contribution in [3.63, 3.8) is 0 Å². The fourth-order valence-corrected chi connectivity index (χ4v) is 4.50. The third kappa shape index (κ3) is 5.39. The normalized spacial score (nSPS) is 14.5. The quantitative estimate of drug-likeness (QED) is 0.511. The molecular formula is C25H28ClFN4O3. The molecule has 0 aliphatic carbocycles. The lowest BCUT2D eigenvalue weighted by Crippen LogP contribution is -2.39. The van der Waals surface area contributed by atoms with Crippen LogP contribution < -0.4 is 5.32 Å². The molecule has 0 bridgehead atoms. The van der Waals surface area contributed by atoms with Crippen molar-refractivity contribution in [2.45, 2.75) is 26.3 Å². The average Bonchev–Trinajstić information content (AvgIpc) is 3.19. The van der Waals surface area contributed by atoms with E-state index in [-0.39, 0.29) is 22.4 Å². The minimum Gasteiger partial charge on any atom is -0.383 e. The summed E-state index contributed by atoms with van der Waals surface area (Å²) in [7, 11) is 1.60. The number of likely N-dealkylation sites (tertiary alicyclic amines) is 1. The molecule has 0 atom stereocenters. The van der Waals surface area contributed by atoms with Crippen LogP contribution in [0.2, 0.25) is 5.02 Å². The highest BCUT2D eigenvalue weighted by Crippen LogP contribution is 2.24. The van der Waals surface area contributed by atoms with Gasteiger partial charge in [0.2, 0.25) is 0 Å². The van der Waals surface area contributed by atoms with Crippen molar-refractivity contribution >= 4 is 34.3 Å². The molecular weight excluding hydrogens is 459 g/mol. The Morgan fingerprint density at radius 1 is 1.21 bits per heavy atom. The van der Waals surface area contributed by atoms with Gasteiger partial charge in [0, 0.05) is 55.5 Å². The van der Waals surface area contributed by atoms with Crippen molar-refractivity contribution in [1.82, 2.24) is 20.0 Å². The molecule has 7 nitrogen and oxygen atoms in total. The van der Waals surface area contributed by atoms with Crippen LogP contribution in [0, 0.1) is 18.7 Å². The monoisotopic (exact) mass is 486 g/mol. The van der Waals surface area contributed by atoms with E-state index in [0.29, 0.717) is 37.7 Å². The van der Waals surface area contributed by atoms with E-state index in [4.69, 9.17) is 16.3 Å². The number of aromatic nitrogens is 2. The van der Waals surface area contributed by atoms with E-state index >= 15 is 0 Å². The number of amides is 2. The zero-order valence-corrected chi connectivity index (χ0v) is 20.1. The molecule has 180 valence electrons. The van der Waals surface area contributed by atoms with E-state index in [9.17, 15) is 14.0 Å². The Hall–Kier alpha value is -2.97. The molecule has 4 rings (SSSR count). The zero-order valence-electron chi connectivity index (χ0n) is 19.3. The molecule has 9 heteroatoms. The van der Waals surface area contributed by atoms with Gasteiger partial charge in [0.05, 0.1) is 17.7 Å². The average molecular weight is 487 g/mol. The van der Waals surface area contributed by atoms with E-state index in [1.807, 2.05) is 29.9 Å². The number of ether oxygens (including phenoxy) is 1. The van der Waals surface area contributed by atoms with Crippen LogP contribution in [0.4, 0.5) is 4.39 Å². The summed E-state index contributed by atoms with van der Waals surface area (Å²) < 4.78 is 21.0. The Labute approximate surface area is 202 Å². The molecule has 1 aromatic heterocycles. The number of fused-ring (bicyclic) bond motifs is 1. The van der Waals surface area contributed by atoms with E-state index in [1.165, 1.54) is 18.2 Å². The molecule has 0 spiro atoms. The molecule has 1 aliphatic rings. The molecule has 0 unspecified atom stereocenters. The number of halogens is 2. The van der Waals surface area contributed by atoms with Crippen LogP contribution in [0.1, 0.15) is 39.1 Å². The highest BCUT2D eigenvalue weighted by molar-refractivity contribution is 6.30. The third-order valence-electron chi connectivity index (χ3n) is 6.24. The molecule has 1 saturated heterocycles. The van der Waals surface area contributed by atoms with Crippen LogP contribution in [-0.2, 0) is 11.3 Å².